The monoisotopic (exact) mass is 749 g/mol. The van der Waals surface area contributed by atoms with Gasteiger partial charge in [0.05, 0.1) is 0 Å². The third-order valence-corrected chi connectivity index (χ3v) is 12.5. The van der Waals surface area contributed by atoms with Crippen molar-refractivity contribution in [2.24, 2.45) is 5.92 Å². The average Bonchev–Trinajstić information content (AvgIpc) is 3.99. The minimum absolute atomic E-state index is 0.198. The molecule has 58 heavy (non-hydrogen) atoms. The molecule has 0 spiro atoms. The second-order valence-electron chi connectivity index (χ2n) is 15.8. The number of fused-ring (bicyclic) bond motifs is 8. The Morgan fingerprint density at radius 3 is 1.97 bits per heavy atom. The van der Waals surface area contributed by atoms with E-state index in [1.54, 1.807) is 0 Å². The molecule has 3 aliphatic carbocycles. The zero-order valence-corrected chi connectivity index (χ0v) is 31.9. The van der Waals surface area contributed by atoms with Crippen LogP contribution in [-0.4, -0.2) is 0 Å². The molecule has 278 valence electrons. The van der Waals surface area contributed by atoms with E-state index in [9.17, 15) is 0 Å². The Bertz CT molecular complexity index is 3140. The van der Waals surface area contributed by atoms with Crippen molar-refractivity contribution < 1.29 is 13.6 Å². The highest BCUT2D eigenvalue weighted by Gasteiger charge is 2.35. The van der Waals surface area contributed by atoms with Crippen LogP contribution in [0.2, 0.25) is 0 Å². The predicted molar refractivity (Wildman–Crippen MR) is 237 cm³/mol. The van der Waals surface area contributed by atoms with Crippen molar-refractivity contribution in [3.63, 3.8) is 0 Å². The standard InChI is InChI=1S/C54H39NO3/c1-4-19-49-43(10-1)46-16-7-13-40(52(46)56-49)34-22-28-37(29-23-34)55(38-30-24-35(25-31-38)41-14-8-17-47-44-11-2-5-20-50(44)57-53(41)47)39-32-26-36(27-33-39)42-15-9-18-48-45-12-3-6-21-51(45)58-54(42)48/h1-2,4-11,13-17,19-24,26-33,35,48H,3,12,18,25H2. The number of para-hydroxylation sites is 4. The van der Waals surface area contributed by atoms with Gasteiger partial charge in [-0.25, -0.2) is 0 Å². The Kier molecular flexibility index (Phi) is 7.59. The minimum atomic E-state index is 0.198. The van der Waals surface area contributed by atoms with Crippen molar-refractivity contribution in [1.29, 1.82) is 0 Å². The summed E-state index contributed by atoms with van der Waals surface area (Å²) in [7, 11) is 0. The number of benzene rings is 6. The van der Waals surface area contributed by atoms with Gasteiger partial charge >= 0.3 is 0 Å². The van der Waals surface area contributed by atoms with Crippen LogP contribution in [0.5, 0.6) is 0 Å². The molecule has 4 heteroatoms. The van der Waals surface area contributed by atoms with Gasteiger partial charge in [-0.1, -0.05) is 127 Å². The normalized spacial score (nSPS) is 18.7. The quantitative estimate of drug-likeness (QED) is 0.170. The van der Waals surface area contributed by atoms with Gasteiger partial charge in [-0.2, -0.15) is 0 Å². The van der Waals surface area contributed by atoms with Gasteiger partial charge in [-0.3, -0.25) is 0 Å². The van der Waals surface area contributed by atoms with Crippen LogP contribution >= 0.6 is 0 Å². The highest BCUT2D eigenvalue weighted by Crippen LogP contribution is 2.48. The lowest BCUT2D eigenvalue weighted by Crippen LogP contribution is -2.17. The van der Waals surface area contributed by atoms with E-state index < -0.39 is 0 Å². The van der Waals surface area contributed by atoms with E-state index in [1.165, 1.54) is 27.7 Å². The molecule has 0 radical (unpaired) electrons. The third-order valence-electron chi connectivity index (χ3n) is 12.5. The smallest absolute Gasteiger partial charge is 0.143 e. The Balaban J connectivity index is 0.912. The largest absolute Gasteiger partial charge is 0.460 e. The Labute approximate surface area is 336 Å². The fourth-order valence-electron chi connectivity index (χ4n) is 9.66. The molecule has 2 unspecified atom stereocenters. The van der Waals surface area contributed by atoms with Crippen LogP contribution in [0, 0.1) is 5.92 Å². The fraction of sp³-hybridized carbons (Fsp3) is 0.111. The summed E-state index contributed by atoms with van der Waals surface area (Å²) in [6.45, 7) is 0. The molecule has 2 atom stereocenters. The van der Waals surface area contributed by atoms with Gasteiger partial charge < -0.3 is 18.5 Å². The van der Waals surface area contributed by atoms with E-state index in [0.29, 0.717) is 5.92 Å². The van der Waals surface area contributed by atoms with E-state index in [2.05, 4.69) is 163 Å². The van der Waals surface area contributed by atoms with Gasteiger partial charge in [0, 0.05) is 67.2 Å². The number of hydrogen-bond acceptors (Lipinski definition) is 4. The number of rotatable bonds is 6. The Morgan fingerprint density at radius 1 is 0.552 bits per heavy atom. The van der Waals surface area contributed by atoms with Crippen molar-refractivity contribution in [2.75, 3.05) is 4.90 Å². The topological polar surface area (TPSA) is 38.8 Å². The van der Waals surface area contributed by atoms with Gasteiger partial charge in [0.25, 0.3) is 0 Å². The first-order valence-corrected chi connectivity index (χ1v) is 20.4. The summed E-state index contributed by atoms with van der Waals surface area (Å²) in [5.74, 6) is 2.70. The summed E-state index contributed by atoms with van der Waals surface area (Å²) in [5, 5.41) is 4.60. The van der Waals surface area contributed by atoms with E-state index in [-0.39, 0.29) is 5.92 Å². The van der Waals surface area contributed by atoms with Gasteiger partial charge in [0.1, 0.15) is 33.9 Å². The molecular formula is C54H39NO3. The molecule has 0 amide bonds. The lowest BCUT2D eigenvalue weighted by Gasteiger charge is -2.29. The summed E-state index contributed by atoms with van der Waals surface area (Å²) < 4.78 is 19.4. The molecule has 4 aliphatic rings. The van der Waals surface area contributed by atoms with Crippen LogP contribution in [-0.2, 0) is 4.74 Å². The minimum Gasteiger partial charge on any atom is -0.460 e. The molecule has 6 aromatic carbocycles. The molecule has 3 heterocycles. The number of anilines is 2. The van der Waals surface area contributed by atoms with E-state index in [1.807, 2.05) is 18.2 Å². The fourth-order valence-corrected chi connectivity index (χ4v) is 9.66. The summed E-state index contributed by atoms with van der Waals surface area (Å²) in [5.41, 5.74) is 14.3. The first-order chi connectivity index (χ1) is 28.7. The van der Waals surface area contributed by atoms with Gasteiger partial charge in [-0.15, -0.1) is 0 Å². The number of allylic oxidation sites excluding steroid dienone is 9. The highest BCUT2D eigenvalue weighted by molar-refractivity contribution is 6.09. The van der Waals surface area contributed by atoms with Crippen molar-refractivity contribution in [3.8, 4) is 11.1 Å². The number of furan rings is 2. The first-order valence-electron chi connectivity index (χ1n) is 20.4. The van der Waals surface area contributed by atoms with Crippen LogP contribution < -0.4 is 4.90 Å². The second-order valence-corrected chi connectivity index (χ2v) is 15.8. The second kappa shape index (κ2) is 13.3. The molecule has 4 nitrogen and oxygen atoms in total. The van der Waals surface area contributed by atoms with Crippen molar-refractivity contribution in [3.05, 3.63) is 210 Å². The van der Waals surface area contributed by atoms with Crippen LogP contribution in [0.15, 0.2) is 208 Å². The molecule has 1 aliphatic heterocycles. The zero-order chi connectivity index (χ0) is 38.2. The van der Waals surface area contributed by atoms with Gasteiger partial charge in [-0.05, 0) is 90.9 Å². The zero-order valence-electron chi connectivity index (χ0n) is 31.9. The molecule has 12 rings (SSSR count). The SMILES string of the molecule is C1=CC2=C(CC1)C1CC=CC(c3ccc(N(C4=CCC(c5cccc6c5oc5ccccc56)C=C4)c4ccc(-c5cccc6c5oc5ccccc56)cc4)cc3)=C1O2. The lowest BCUT2D eigenvalue weighted by atomic mass is 9.83. The maximum atomic E-state index is 6.54. The van der Waals surface area contributed by atoms with E-state index in [0.717, 1.165) is 104 Å². The van der Waals surface area contributed by atoms with Crippen LogP contribution in [0.4, 0.5) is 11.4 Å². The van der Waals surface area contributed by atoms with Crippen LogP contribution in [0.1, 0.15) is 42.7 Å². The third kappa shape index (κ3) is 5.29. The average molecular weight is 750 g/mol. The van der Waals surface area contributed by atoms with Crippen LogP contribution in [0.3, 0.4) is 0 Å². The highest BCUT2D eigenvalue weighted by atomic mass is 16.5. The Morgan fingerprint density at radius 2 is 1.22 bits per heavy atom. The van der Waals surface area contributed by atoms with Crippen LogP contribution in [0.25, 0.3) is 60.6 Å². The molecule has 0 N–H and O–H groups in total. The summed E-state index contributed by atoms with van der Waals surface area (Å²) in [4.78, 5) is 2.37. The molecule has 0 fully saturated rings. The molecule has 0 saturated heterocycles. The molecule has 0 saturated carbocycles. The van der Waals surface area contributed by atoms with Gasteiger partial charge in [0.2, 0.25) is 0 Å². The molecule has 0 bridgehead atoms. The Hall–Kier alpha value is -7.04. The number of nitrogens with zero attached hydrogens (tertiary/aromatic N) is 1. The van der Waals surface area contributed by atoms with Crippen molar-refractivity contribution in [2.45, 2.75) is 31.6 Å². The lowest BCUT2D eigenvalue weighted by molar-refractivity contribution is 0.319. The molecule has 2 aromatic heterocycles. The number of ether oxygens (including phenoxy) is 1. The predicted octanol–water partition coefficient (Wildman–Crippen LogP) is 14.8. The maximum absolute atomic E-state index is 6.54. The first kappa shape index (κ1) is 33.1. The van der Waals surface area contributed by atoms with E-state index >= 15 is 0 Å². The van der Waals surface area contributed by atoms with E-state index in [4.69, 9.17) is 13.6 Å². The summed E-state index contributed by atoms with van der Waals surface area (Å²) in [6, 6.07) is 47.5. The molecular weight excluding hydrogens is 711 g/mol. The summed E-state index contributed by atoms with van der Waals surface area (Å²) >= 11 is 0. The van der Waals surface area contributed by atoms with Gasteiger partial charge in [0.15, 0.2) is 0 Å². The number of hydrogen-bond donors (Lipinski definition) is 0. The van der Waals surface area contributed by atoms with Crippen molar-refractivity contribution >= 4 is 60.8 Å². The maximum Gasteiger partial charge on any atom is 0.143 e. The van der Waals surface area contributed by atoms with Crippen molar-refractivity contribution in [1.82, 2.24) is 0 Å². The molecule has 8 aromatic rings. The summed E-state index contributed by atoms with van der Waals surface area (Å²) in [6.07, 6.45) is 20.0.